The molecule has 2 rings (SSSR count). The fraction of sp³-hybridized carbons (Fsp3) is 1.00. The Morgan fingerprint density at radius 1 is 1.33 bits per heavy atom. The van der Waals surface area contributed by atoms with Gasteiger partial charge in [-0.05, 0) is 25.2 Å². The SMILES string of the molecule is CCC1CCCC(CN)(N2CCOC(CC)C2)C1. The molecule has 0 aromatic rings. The average Bonchev–Trinajstić information content (AvgIpc) is 2.47. The minimum absolute atomic E-state index is 0.274. The van der Waals surface area contributed by atoms with Gasteiger partial charge >= 0.3 is 0 Å². The van der Waals surface area contributed by atoms with Gasteiger partial charge in [0, 0.05) is 25.2 Å². The highest BCUT2D eigenvalue weighted by Crippen LogP contribution is 2.38. The van der Waals surface area contributed by atoms with Gasteiger partial charge in [0.2, 0.25) is 0 Å². The second-order valence-electron chi connectivity index (χ2n) is 6.15. The van der Waals surface area contributed by atoms with Crippen molar-refractivity contribution in [1.82, 2.24) is 4.90 Å². The van der Waals surface area contributed by atoms with Gasteiger partial charge in [-0.15, -0.1) is 0 Å². The molecule has 0 radical (unpaired) electrons. The quantitative estimate of drug-likeness (QED) is 0.837. The lowest BCUT2D eigenvalue weighted by molar-refractivity contribution is -0.0834. The molecule has 106 valence electrons. The van der Waals surface area contributed by atoms with Crippen molar-refractivity contribution in [2.24, 2.45) is 11.7 Å². The van der Waals surface area contributed by atoms with Gasteiger partial charge in [0.1, 0.15) is 0 Å². The van der Waals surface area contributed by atoms with E-state index in [0.717, 1.165) is 38.6 Å². The number of rotatable bonds is 4. The molecular formula is C15H30N2O. The van der Waals surface area contributed by atoms with Crippen molar-refractivity contribution in [2.45, 2.75) is 64.0 Å². The van der Waals surface area contributed by atoms with Crippen molar-refractivity contribution in [1.29, 1.82) is 0 Å². The molecule has 0 aromatic carbocycles. The number of nitrogens with zero attached hydrogens (tertiary/aromatic N) is 1. The Morgan fingerprint density at radius 3 is 2.83 bits per heavy atom. The van der Waals surface area contributed by atoms with Crippen LogP contribution in [0, 0.1) is 5.92 Å². The second kappa shape index (κ2) is 6.36. The number of hydrogen-bond acceptors (Lipinski definition) is 3. The molecule has 0 spiro atoms. The molecule has 1 saturated heterocycles. The van der Waals surface area contributed by atoms with Crippen molar-refractivity contribution < 1.29 is 4.74 Å². The zero-order valence-corrected chi connectivity index (χ0v) is 12.2. The third-order valence-corrected chi connectivity index (χ3v) is 5.15. The summed E-state index contributed by atoms with van der Waals surface area (Å²) in [7, 11) is 0. The van der Waals surface area contributed by atoms with Crippen LogP contribution in [0.15, 0.2) is 0 Å². The molecule has 2 fully saturated rings. The summed E-state index contributed by atoms with van der Waals surface area (Å²) in [6.45, 7) is 8.41. The number of ether oxygens (including phenoxy) is 1. The average molecular weight is 254 g/mol. The van der Waals surface area contributed by atoms with E-state index in [1.807, 2.05) is 0 Å². The van der Waals surface area contributed by atoms with Gasteiger partial charge in [-0.1, -0.05) is 33.1 Å². The maximum Gasteiger partial charge on any atom is 0.0700 e. The van der Waals surface area contributed by atoms with Gasteiger partial charge < -0.3 is 10.5 Å². The Kier molecular flexibility index (Phi) is 5.05. The number of morpholine rings is 1. The Morgan fingerprint density at radius 2 is 2.17 bits per heavy atom. The molecule has 1 aliphatic heterocycles. The predicted molar refractivity (Wildman–Crippen MR) is 75.6 cm³/mol. The van der Waals surface area contributed by atoms with E-state index >= 15 is 0 Å². The Labute approximate surface area is 112 Å². The van der Waals surface area contributed by atoms with Gasteiger partial charge in [-0.3, -0.25) is 4.90 Å². The Balaban J connectivity index is 2.05. The first-order valence-electron chi connectivity index (χ1n) is 7.80. The Hall–Kier alpha value is -0.120. The van der Waals surface area contributed by atoms with Crippen molar-refractivity contribution >= 4 is 0 Å². The zero-order chi connectivity index (χ0) is 13.0. The van der Waals surface area contributed by atoms with Gasteiger partial charge in [0.05, 0.1) is 12.7 Å². The summed E-state index contributed by atoms with van der Waals surface area (Å²) in [5, 5.41) is 0. The van der Waals surface area contributed by atoms with Crippen LogP contribution in [0.1, 0.15) is 52.4 Å². The first-order valence-corrected chi connectivity index (χ1v) is 7.80. The molecule has 3 heteroatoms. The van der Waals surface area contributed by atoms with Crippen LogP contribution in [0.2, 0.25) is 0 Å². The minimum Gasteiger partial charge on any atom is -0.376 e. The van der Waals surface area contributed by atoms with E-state index in [0.29, 0.717) is 6.10 Å². The van der Waals surface area contributed by atoms with E-state index in [2.05, 4.69) is 18.7 Å². The van der Waals surface area contributed by atoms with Gasteiger partial charge in [0.15, 0.2) is 0 Å². The monoisotopic (exact) mass is 254 g/mol. The maximum atomic E-state index is 6.19. The minimum atomic E-state index is 0.274. The van der Waals surface area contributed by atoms with Gasteiger partial charge in [-0.2, -0.15) is 0 Å². The first kappa shape index (κ1) is 14.3. The number of nitrogens with two attached hydrogens (primary N) is 1. The Bertz CT molecular complexity index is 259. The van der Waals surface area contributed by atoms with Crippen LogP contribution in [0.5, 0.6) is 0 Å². The molecular weight excluding hydrogens is 224 g/mol. The summed E-state index contributed by atoms with van der Waals surface area (Å²) >= 11 is 0. The predicted octanol–water partition coefficient (Wildman–Crippen LogP) is 2.39. The highest BCUT2D eigenvalue weighted by atomic mass is 16.5. The summed E-state index contributed by atoms with van der Waals surface area (Å²) < 4.78 is 5.81. The van der Waals surface area contributed by atoms with Crippen LogP contribution in [0.4, 0.5) is 0 Å². The van der Waals surface area contributed by atoms with Gasteiger partial charge in [-0.25, -0.2) is 0 Å². The van der Waals surface area contributed by atoms with Crippen LogP contribution >= 0.6 is 0 Å². The van der Waals surface area contributed by atoms with E-state index < -0.39 is 0 Å². The van der Waals surface area contributed by atoms with E-state index in [1.54, 1.807) is 0 Å². The summed E-state index contributed by atoms with van der Waals surface area (Å²) in [6.07, 6.45) is 8.19. The highest BCUT2D eigenvalue weighted by Gasteiger charge is 2.41. The van der Waals surface area contributed by atoms with Gasteiger partial charge in [0.25, 0.3) is 0 Å². The summed E-state index contributed by atoms with van der Waals surface area (Å²) in [5.74, 6) is 0.880. The van der Waals surface area contributed by atoms with E-state index in [9.17, 15) is 0 Å². The molecule has 18 heavy (non-hydrogen) atoms. The third-order valence-electron chi connectivity index (χ3n) is 5.15. The van der Waals surface area contributed by atoms with Crippen LogP contribution < -0.4 is 5.73 Å². The standard InChI is InChI=1S/C15H30N2O/c1-3-13-6-5-7-15(10-13,12-16)17-8-9-18-14(4-2)11-17/h13-14H,3-12,16H2,1-2H3. The zero-order valence-electron chi connectivity index (χ0n) is 12.2. The molecule has 1 heterocycles. The van der Waals surface area contributed by atoms with Crippen LogP contribution in [0.3, 0.4) is 0 Å². The van der Waals surface area contributed by atoms with Crippen molar-refractivity contribution in [3.63, 3.8) is 0 Å². The molecule has 3 nitrogen and oxygen atoms in total. The topological polar surface area (TPSA) is 38.5 Å². The van der Waals surface area contributed by atoms with Crippen LogP contribution in [0.25, 0.3) is 0 Å². The smallest absolute Gasteiger partial charge is 0.0700 e. The molecule has 1 aliphatic carbocycles. The summed E-state index contributed by atoms with van der Waals surface area (Å²) in [6, 6.07) is 0. The fourth-order valence-electron chi connectivity index (χ4n) is 3.81. The first-order chi connectivity index (χ1) is 8.74. The van der Waals surface area contributed by atoms with Crippen LogP contribution in [-0.2, 0) is 4.74 Å². The normalized spacial score (nSPS) is 38.8. The molecule has 2 N–H and O–H groups in total. The number of hydrogen-bond donors (Lipinski definition) is 1. The van der Waals surface area contributed by atoms with Crippen molar-refractivity contribution in [3.05, 3.63) is 0 Å². The maximum absolute atomic E-state index is 6.19. The van der Waals surface area contributed by atoms with Crippen molar-refractivity contribution in [3.8, 4) is 0 Å². The van der Waals surface area contributed by atoms with E-state index in [4.69, 9.17) is 10.5 Å². The van der Waals surface area contributed by atoms with E-state index in [-0.39, 0.29) is 5.54 Å². The molecule has 1 saturated carbocycles. The fourth-order valence-corrected chi connectivity index (χ4v) is 3.81. The van der Waals surface area contributed by atoms with Crippen molar-refractivity contribution in [2.75, 3.05) is 26.2 Å². The largest absolute Gasteiger partial charge is 0.376 e. The summed E-state index contributed by atoms with van der Waals surface area (Å²) in [5.41, 5.74) is 6.46. The van der Waals surface area contributed by atoms with Crippen LogP contribution in [-0.4, -0.2) is 42.8 Å². The highest BCUT2D eigenvalue weighted by molar-refractivity contribution is 4.98. The molecule has 3 unspecified atom stereocenters. The van der Waals surface area contributed by atoms with E-state index in [1.165, 1.54) is 32.1 Å². The molecule has 0 amide bonds. The molecule has 0 aromatic heterocycles. The molecule has 3 atom stereocenters. The molecule has 0 bridgehead atoms. The second-order valence-corrected chi connectivity index (χ2v) is 6.15. The third kappa shape index (κ3) is 2.89. The lowest BCUT2D eigenvalue weighted by Gasteiger charge is -2.50. The lowest BCUT2D eigenvalue weighted by Crippen LogP contribution is -2.60. The summed E-state index contributed by atoms with van der Waals surface area (Å²) in [4.78, 5) is 2.66. The molecule has 2 aliphatic rings. The lowest BCUT2D eigenvalue weighted by atomic mass is 9.73.